The van der Waals surface area contributed by atoms with Gasteiger partial charge in [-0.3, -0.25) is 11.3 Å². The second-order valence-corrected chi connectivity index (χ2v) is 5.31. The molecule has 0 aliphatic carbocycles. The Hall–Kier alpha value is -0.970. The van der Waals surface area contributed by atoms with E-state index in [-0.39, 0.29) is 17.4 Å². The van der Waals surface area contributed by atoms with Gasteiger partial charge in [-0.15, -0.1) is 0 Å². The van der Waals surface area contributed by atoms with Crippen molar-refractivity contribution in [3.63, 3.8) is 0 Å². The molecule has 4 heteroatoms. The number of aryl methyl sites for hydroxylation is 1. The maximum atomic E-state index is 13.4. The third-order valence-electron chi connectivity index (χ3n) is 4.33. The van der Waals surface area contributed by atoms with Gasteiger partial charge < -0.3 is 4.90 Å². The van der Waals surface area contributed by atoms with Gasteiger partial charge in [0, 0.05) is 5.54 Å². The molecule has 0 amide bonds. The van der Waals surface area contributed by atoms with Crippen LogP contribution in [0.3, 0.4) is 0 Å². The molecular weight excluding hydrogens is 241 g/mol. The minimum Gasteiger partial charge on any atom is -0.302 e. The van der Waals surface area contributed by atoms with Crippen LogP contribution in [0.15, 0.2) is 18.2 Å². The van der Waals surface area contributed by atoms with Crippen LogP contribution in [0.1, 0.15) is 43.9 Å². The maximum absolute atomic E-state index is 13.4. The molecule has 19 heavy (non-hydrogen) atoms. The molecule has 108 valence electrons. The van der Waals surface area contributed by atoms with E-state index >= 15 is 0 Å². The van der Waals surface area contributed by atoms with Crippen molar-refractivity contribution in [2.45, 2.75) is 45.2 Å². The number of nitrogens with two attached hydrogens (primary N) is 1. The zero-order valence-corrected chi connectivity index (χ0v) is 12.6. The van der Waals surface area contributed by atoms with Crippen molar-refractivity contribution in [1.29, 1.82) is 0 Å². The molecule has 3 nitrogen and oxygen atoms in total. The summed E-state index contributed by atoms with van der Waals surface area (Å²) in [4.78, 5) is 2.20. The van der Waals surface area contributed by atoms with Crippen LogP contribution in [0.2, 0.25) is 0 Å². The summed E-state index contributed by atoms with van der Waals surface area (Å²) in [5, 5.41) is 0. The molecule has 3 N–H and O–H groups in total. The highest BCUT2D eigenvalue weighted by Crippen LogP contribution is 2.35. The van der Waals surface area contributed by atoms with Crippen molar-refractivity contribution in [3.05, 3.63) is 35.1 Å². The minimum atomic E-state index is -0.178. The third-order valence-corrected chi connectivity index (χ3v) is 4.33. The van der Waals surface area contributed by atoms with Gasteiger partial charge in [0.1, 0.15) is 5.82 Å². The van der Waals surface area contributed by atoms with Gasteiger partial charge in [0.05, 0.1) is 6.04 Å². The first-order chi connectivity index (χ1) is 8.92. The van der Waals surface area contributed by atoms with Gasteiger partial charge in [-0.05, 0) is 51.1 Å². The Labute approximate surface area is 116 Å². The Morgan fingerprint density at radius 3 is 2.26 bits per heavy atom. The van der Waals surface area contributed by atoms with Crippen molar-refractivity contribution in [1.82, 2.24) is 10.3 Å². The van der Waals surface area contributed by atoms with Gasteiger partial charge >= 0.3 is 0 Å². The van der Waals surface area contributed by atoms with Crippen molar-refractivity contribution in [3.8, 4) is 0 Å². The number of hydrogen-bond acceptors (Lipinski definition) is 3. The molecule has 1 atom stereocenters. The van der Waals surface area contributed by atoms with Crippen LogP contribution >= 0.6 is 0 Å². The maximum Gasteiger partial charge on any atom is 0.126 e. The molecule has 0 saturated carbocycles. The Bertz CT molecular complexity index is 414. The SMILES string of the molecule is CCC(CC)(C(NN)c1ccc(F)c(C)c1)N(C)C. The van der Waals surface area contributed by atoms with E-state index in [1.165, 1.54) is 6.07 Å². The van der Waals surface area contributed by atoms with E-state index in [9.17, 15) is 4.39 Å². The lowest BCUT2D eigenvalue weighted by molar-refractivity contribution is 0.0881. The highest BCUT2D eigenvalue weighted by atomic mass is 19.1. The van der Waals surface area contributed by atoms with E-state index in [4.69, 9.17) is 5.84 Å². The molecule has 0 aliphatic heterocycles. The second kappa shape index (κ2) is 6.46. The predicted molar refractivity (Wildman–Crippen MR) is 78.2 cm³/mol. The largest absolute Gasteiger partial charge is 0.302 e. The van der Waals surface area contributed by atoms with E-state index < -0.39 is 0 Å². The van der Waals surface area contributed by atoms with E-state index in [1.54, 1.807) is 6.92 Å². The van der Waals surface area contributed by atoms with Crippen molar-refractivity contribution in [2.24, 2.45) is 5.84 Å². The standard InChI is InChI=1S/C15H26FN3/c1-6-15(7-2,19(4)5)14(18-17)12-8-9-13(16)11(3)10-12/h8-10,14,18H,6-7,17H2,1-5H3. The lowest BCUT2D eigenvalue weighted by atomic mass is 9.79. The summed E-state index contributed by atoms with van der Waals surface area (Å²) >= 11 is 0. The molecule has 1 aromatic carbocycles. The van der Waals surface area contributed by atoms with Crippen molar-refractivity contribution < 1.29 is 4.39 Å². The topological polar surface area (TPSA) is 41.3 Å². The Kier molecular flexibility index (Phi) is 5.47. The smallest absolute Gasteiger partial charge is 0.126 e. The molecule has 1 aromatic rings. The Balaban J connectivity index is 3.27. The number of benzene rings is 1. The zero-order chi connectivity index (χ0) is 14.6. The first kappa shape index (κ1) is 16.1. The molecular formula is C15H26FN3. The summed E-state index contributed by atoms with van der Waals surface area (Å²) in [6, 6.07) is 5.18. The quantitative estimate of drug-likeness (QED) is 0.615. The minimum absolute atomic E-state index is 0.0307. The number of rotatable bonds is 6. The first-order valence-electron chi connectivity index (χ1n) is 6.82. The molecule has 0 radical (unpaired) electrons. The molecule has 1 rings (SSSR count). The highest BCUT2D eigenvalue weighted by molar-refractivity contribution is 5.29. The summed E-state index contributed by atoms with van der Waals surface area (Å²) in [6.07, 6.45) is 1.92. The number of nitrogens with one attached hydrogen (secondary N) is 1. The molecule has 0 fully saturated rings. The van der Waals surface area contributed by atoms with Crippen LogP contribution in [-0.4, -0.2) is 24.5 Å². The summed E-state index contributed by atoms with van der Waals surface area (Å²) < 4.78 is 13.4. The zero-order valence-electron chi connectivity index (χ0n) is 12.6. The number of likely N-dealkylation sites (N-methyl/N-ethyl adjacent to an activating group) is 1. The third kappa shape index (κ3) is 2.96. The lowest BCUT2D eigenvalue weighted by Gasteiger charge is -2.45. The van der Waals surface area contributed by atoms with Gasteiger partial charge in [-0.1, -0.05) is 26.0 Å². The van der Waals surface area contributed by atoms with Crippen LogP contribution in [0, 0.1) is 12.7 Å². The van der Waals surface area contributed by atoms with Crippen molar-refractivity contribution >= 4 is 0 Å². The Morgan fingerprint density at radius 2 is 1.89 bits per heavy atom. The average Bonchev–Trinajstić information content (AvgIpc) is 2.39. The molecule has 0 aromatic heterocycles. The van der Waals surface area contributed by atoms with Crippen LogP contribution in [0.5, 0.6) is 0 Å². The van der Waals surface area contributed by atoms with Crippen LogP contribution in [0.4, 0.5) is 4.39 Å². The highest BCUT2D eigenvalue weighted by Gasteiger charge is 2.38. The summed E-state index contributed by atoms with van der Waals surface area (Å²) in [7, 11) is 4.13. The summed E-state index contributed by atoms with van der Waals surface area (Å²) in [6.45, 7) is 6.09. The van der Waals surface area contributed by atoms with Crippen LogP contribution in [0.25, 0.3) is 0 Å². The van der Waals surface area contributed by atoms with Crippen LogP contribution in [-0.2, 0) is 0 Å². The number of halogens is 1. The molecule has 0 aliphatic rings. The predicted octanol–water partition coefficient (Wildman–Crippen LogP) is 2.76. The first-order valence-corrected chi connectivity index (χ1v) is 6.82. The fourth-order valence-corrected chi connectivity index (χ4v) is 2.96. The van der Waals surface area contributed by atoms with Gasteiger partial charge in [0.25, 0.3) is 0 Å². The monoisotopic (exact) mass is 267 g/mol. The lowest BCUT2D eigenvalue weighted by Crippen LogP contribution is -2.54. The average molecular weight is 267 g/mol. The Morgan fingerprint density at radius 1 is 1.32 bits per heavy atom. The normalized spacial score (nSPS) is 13.9. The van der Waals surface area contributed by atoms with E-state index in [1.807, 2.05) is 12.1 Å². The van der Waals surface area contributed by atoms with Gasteiger partial charge in [0.15, 0.2) is 0 Å². The van der Waals surface area contributed by atoms with E-state index in [2.05, 4.69) is 38.3 Å². The van der Waals surface area contributed by atoms with E-state index in [0.29, 0.717) is 5.56 Å². The van der Waals surface area contributed by atoms with Gasteiger partial charge in [0.2, 0.25) is 0 Å². The second-order valence-electron chi connectivity index (χ2n) is 5.31. The fourth-order valence-electron chi connectivity index (χ4n) is 2.96. The van der Waals surface area contributed by atoms with Crippen molar-refractivity contribution in [2.75, 3.05) is 14.1 Å². The number of nitrogens with zero attached hydrogens (tertiary/aromatic N) is 1. The molecule has 1 unspecified atom stereocenters. The molecule has 0 heterocycles. The summed E-state index contributed by atoms with van der Waals surface area (Å²) in [5.41, 5.74) is 4.52. The number of hydrogen-bond donors (Lipinski definition) is 2. The molecule has 0 saturated heterocycles. The fraction of sp³-hybridized carbons (Fsp3) is 0.600. The van der Waals surface area contributed by atoms with Gasteiger partial charge in [-0.25, -0.2) is 4.39 Å². The number of hydrazine groups is 1. The van der Waals surface area contributed by atoms with Crippen LogP contribution < -0.4 is 11.3 Å². The molecule has 0 bridgehead atoms. The molecule has 0 spiro atoms. The van der Waals surface area contributed by atoms with E-state index in [0.717, 1.165) is 18.4 Å². The summed E-state index contributed by atoms with van der Waals surface area (Å²) in [5.74, 6) is 5.62. The van der Waals surface area contributed by atoms with Gasteiger partial charge in [-0.2, -0.15) is 0 Å².